The smallest absolute Gasteiger partial charge is 0.321 e. The van der Waals surface area contributed by atoms with Crippen molar-refractivity contribution >= 4 is 11.7 Å². The second-order valence-corrected chi connectivity index (χ2v) is 6.80. The van der Waals surface area contributed by atoms with Gasteiger partial charge in [-0.15, -0.1) is 0 Å². The minimum atomic E-state index is 0.0634. The van der Waals surface area contributed by atoms with Gasteiger partial charge in [0.05, 0.1) is 0 Å². The van der Waals surface area contributed by atoms with Gasteiger partial charge in [0.25, 0.3) is 0 Å². The van der Waals surface area contributed by atoms with E-state index in [1.54, 1.807) is 0 Å². The molecule has 2 fully saturated rings. The summed E-state index contributed by atoms with van der Waals surface area (Å²) in [7, 11) is 0. The van der Waals surface area contributed by atoms with Crippen LogP contribution in [0.1, 0.15) is 44.6 Å². The number of amides is 2. The van der Waals surface area contributed by atoms with E-state index in [4.69, 9.17) is 0 Å². The lowest BCUT2D eigenvalue weighted by Crippen LogP contribution is -2.47. The van der Waals surface area contributed by atoms with Crippen molar-refractivity contribution in [3.8, 4) is 0 Å². The Kier molecular flexibility index (Phi) is 5.55. The molecule has 0 aromatic heterocycles. The molecule has 0 bridgehead atoms. The van der Waals surface area contributed by atoms with E-state index in [0.717, 1.165) is 44.5 Å². The first-order chi connectivity index (χ1) is 11.3. The number of piperidine rings is 1. The van der Waals surface area contributed by atoms with Crippen LogP contribution in [0.3, 0.4) is 0 Å². The Morgan fingerprint density at radius 3 is 2.52 bits per heavy atom. The van der Waals surface area contributed by atoms with Crippen molar-refractivity contribution in [2.75, 3.05) is 31.5 Å². The minimum absolute atomic E-state index is 0.0634. The average Bonchev–Trinajstić information content (AvgIpc) is 3.11. The van der Waals surface area contributed by atoms with Crippen LogP contribution in [0.25, 0.3) is 0 Å². The number of hydrogen-bond acceptors (Lipinski definition) is 2. The molecule has 0 radical (unpaired) electrons. The van der Waals surface area contributed by atoms with Crippen LogP contribution in [0, 0.1) is 0 Å². The predicted octanol–water partition coefficient (Wildman–Crippen LogP) is 3.73. The van der Waals surface area contributed by atoms with Crippen LogP contribution in [0.15, 0.2) is 24.3 Å². The number of benzene rings is 1. The SMILES string of the molecule is CCCc1ccccc1NC(=O)N1CCC(N2CCCC2)CC1. The van der Waals surface area contributed by atoms with Crippen LogP contribution in [0.2, 0.25) is 0 Å². The number of anilines is 1. The molecule has 2 aliphatic rings. The largest absolute Gasteiger partial charge is 0.324 e. The van der Waals surface area contributed by atoms with Gasteiger partial charge in [-0.05, 0) is 56.8 Å². The van der Waals surface area contributed by atoms with E-state index in [9.17, 15) is 4.79 Å². The molecule has 126 valence electrons. The lowest BCUT2D eigenvalue weighted by Gasteiger charge is -2.36. The minimum Gasteiger partial charge on any atom is -0.324 e. The maximum atomic E-state index is 12.6. The summed E-state index contributed by atoms with van der Waals surface area (Å²) >= 11 is 0. The first-order valence-electron chi connectivity index (χ1n) is 9.16. The molecule has 3 rings (SSSR count). The van der Waals surface area contributed by atoms with E-state index >= 15 is 0 Å². The number of likely N-dealkylation sites (tertiary alicyclic amines) is 2. The average molecular weight is 315 g/mol. The highest BCUT2D eigenvalue weighted by Gasteiger charge is 2.28. The van der Waals surface area contributed by atoms with E-state index < -0.39 is 0 Å². The Morgan fingerprint density at radius 2 is 1.83 bits per heavy atom. The van der Waals surface area contributed by atoms with Gasteiger partial charge >= 0.3 is 6.03 Å². The summed E-state index contributed by atoms with van der Waals surface area (Å²) in [6.45, 7) is 6.43. The third-order valence-electron chi connectivity index (χ3n) is 5.19. The number of nitrogens with zero attached hydrogens (tertiary/aromatic N) is 2. The third kappa shape index (κ3) is 4.05. The topological polar surface area (TPSA) is 35.6 Å². The zero-order valence-electron chi connectivity index (χ0n) is 14.3. The number of para-hydroxylation sites is 1. The second kappa shape index (κ2) is 7.82. The first kappa shape index (κ1) is 16.3. The summed E-state index contributed by atoms with van der Waals surface area (Å²) in [5.41, 5.74) is 2.20. The first-order valence-corrected chi connectivity index (χ1v) is 9.16. The Bertz CT molecular complexity index is 517. The molecular weight excluding hydrogens is 286 g/mol. The summed E-state index contributed by atoms with van der Waals surface area (Å²) in [5.74, 6) is 0. The maximum Gasteiger partial charge on any atom is 0.321 e. The number of hydrogen-bond donors (Lipinski definition) is 1. The number of carbonyl (C=O) groups excluding carboxylic acids is 1. The van der Waals surface area contributed by atoms with E-state index in [1.807, 2.05) is 23.1 Å². The van der Waals surface area contributed by atoms with Crippen LogP contribution in [-0.2, 0) is 6.42 Å². The van der Waals surface area contributed by atoms with Crippen molar-refractivity contribution in [2.24, 2.45) is 0 Å². The third-order valence-corrected chi connectivity index (χ3v) is 5.19. The molecule has 2 saturated heterocycles. The van der Waals surface area contributed by atoms with Crippen molar-refractivity contribution in [1.82, 2.24) is 9.80 Å². The Balaban J connectivity index is 1.53. The van der Waals surface area contributed by atoms with Crippen LogP contribution in [-0.4, -0.2) is 48.1 Å². The normalized spacial score (nSPS) is 20.0. The number of carbonyl (C=O) groups is 1. The molecule has 0 saturated carbocycles. The summed E-state index contributed by atoms with van der Waals surface area (Å²) < 4.78 is 0. The maximum absolute atomic E-state index is 12.6. The van der Waals surface area contributed by atoms with Gasteiger partial charge in [0.2, 0.25) is 0 Å². The number of aryl methyl sites for hydroxylation is 1. The fourth-order valence-corrected chi connectivity index (χ4v) is 3.86. The van der Waals surface area contributed by atoms with E-state index in [0.29, 0.717) is 6.04 Å². The molecule has 0 unspecified atom stereocenters. The molecule has 0 spiro atoms. The molecule has 0 atom stereocenters. The lowest BCUT2D eigenvalue weighted by atomic mass is 10.0. The molecule has 2 amide bonds. The van der Waals surface area contributed by atoms with Crippen molar-refractivity contribution in [3.05, 3.63) is 29.8 Å². The molecule has 4 nitrogen and oxygen atoms in total. The highest BCUT2D eigenvalue weighted by atomic mass is 16.2. The molecular formula is C19H29N3O. The van der Waals surface area contributed by atoms with Gasteiger partial charge in [0.1, 0.15) is 0 Å². The Labute approximate surface area is 139 Å². The van der Waals surface area contributed by atoms with Gasteiger partial charge in [-0.1, -0.05) is 31.5 Å². The monoisotopic (exact) mass is 315 g/mol. The number of rotatable bonds is 4. The van der Waals surface area contributed by atoms with Crippen molar-refractivity contribution in [1.29, 1.82) is 0 Å². The lowest BCUT2D eigenvalue weighted by molar-refractivity contribution is 0.140. The second-order valence-electron chi connectivity index (χ2n) is 6.80. The molecule has 1 aromatic rings. The van der Waals surface area contributed by atoms with Crippen LogP contribution in [0.5, 0.6) is 0 Å². The van der Waals surface area contributed by atoms with Crippen molar-refractivity contribution in [3.63, 3.8) is 0 Å². The van der Waals surface area contributed by atoms with Gasteiger partial charge in [0, 0.05) is 24.8 Å². The van der Waals surface area contributed by atoms with E-state index in [2.05, 4.69) is 23.2 Å². The van der Waals surface area contributed by atoms with Gasteiger partial charge in [-0.2, -0.15) is 0 Å². The standard InChI is InChI=1S/C19H29N3O/c1-2-7-16-8-3-4-9-18(16)20-19(23)22-14-10-17(11-15-22)21-12-5-6-13-21/h3-4,8-9,17H,2,5-7,10-15H2,1H3,(H,20,23). The fraction of sp³-hybridized carbons (Fsp3) is 0.632. The zero-order valence-corrected chi connectivity index (χ0v) is 14.3. The van der Waals surface area contributed by atoms with Crippen LogP contribution < -0.4 is 5.32 Å². The molecule has 0 aliphatic carbocycles. The van der Waals surface area contributed by atoms with Crippen LogP contribution >= 0.6 is 0 Å². The number of urea groups is 1. The van der Waals surface area contributed by atoms with E-state index in [-0.39, 0.29) is 6.03 Å². The Hall–Kier alpha value is -1.55. The molecule has 1 aromatic carbocycles. The molecule has 23 heavy (non-hydrogen) atoms. The fourth-order valence-electron chi connectivity index (χ4n) is 3.86. The van der Waals surface area contributed by atoms with Gasteiger partial charge in [-0.3, -0.25) is 0 Å². The molecule has 4 heteroatoms. The predicted molar refractivity (Wildman–Crippen MR) is 94.9 cm³/mol. The highest BCUT2D eigenvalue weighted by molar-refractivity contribution is 5.90. The van der Waals surface area contributed by atoms with Gasteiger partial charge in [0.15, 0.2) is 0 Å². The van der Waals surface area contributed by atoms with Crippen LogP contribution in [0.4, 0.5) is 10.5 Å². The van der Waals surface area contributed by atoms with Crippen molar-refractivity contribution in [2.45, 2.75) is 51.5 Å². The number of nitrogens with one attached hydrogen (secondary N) is 1. The van der Waals surface area contributed by atoms with Gasteiger partial charge < -0.3 is 15.1 Å². The summed E-state index contributed by atoms with van der Waals surface area (Å²) in [4.78, 5) is 17.2. The van der Waals surface area contributed by atoms with E-state index in [1.165, 1.54) is 31.5 Å². The van der Waals surface area contributed by atoms with Crippen molar-refractivity contribution < 1.29 is 4.79 Å². The molecule has 2 heterocycles. The Morgan fingerprint density at radius 1 is 1.13 bits per heavy atom. The quantitative estimate of drug-likeness (QED) is 0.919. The summed E-state index contributed by atoms with van der Waals surface area (Å²) in [6.07, 6.45) is 7.01. The summed E-state index contributed by atoms with van der Waals surface area (Å²) in [6, 6.07) is 8.91. The zero-order chi connectivity index (χ0) is 16.1. The molecule has 1 N–H and O–H groups in total. The highest BCUT2D eigenvalue weighted by Crippen LogP contribution is 2.22. The summed E-state index contributed by atoms with van der Waals surface area (Å²) in [5, 5.41) is 3.12. The molecule has 2 aliphatic heterocycles. The van der Waals surface area contributed by atoms with Gasteiger partial charge in [-0.25, -0.2) is 4.79 Å².